The SMILES string of the molecule is O=c1c2ccccc2nc(SCc2coc(-c3ccc(F)cc3)n2)n1CC1CCCO1. The molecule has 3 heterocycles. The molecule has 158 valence electrons. The van der Waals surface area contributed by atoms with Gasteiger partial charge in [0.05, 0.1) is 29.2 Å². The summed E-state index contributed by atoms with van der Waals surface area (Å²) in [6.07, 6.45) is 3.55. The zero-order chi connectivity index (χ0) is 21.2. The molecule has 1 saturated heterocycles. The van der Waals surface area contributed by atoms with Gasteiger partial charge in [-0.25, -0.2) is 14.4 Å². The molecule has 31 heavy (non-hydrogen) atoms. The molecule has 1 fully saturated rings. The van der Waals surface area contributed by atoms with E-state index in [0.29, 0.717) is 39.8 Å². The van der Waals surface area contributed by atoms with E-state index in [4.69, 9.17) is 14.1 Å². The van der Waals surface area contributed by atoms with Crippen LogP contribution in [0.4, 0.5) is 4.39 Å². The molecule has 0 aliphatic carbocycles. The largest absolute Gasteiger partial charge is 0.444 e. The Kier molecular flexibility index (Phi) is 5.57. The number of ether oxygens (including phenoxy) is 1. The lowest BCUT2D eigenvalue weighted by Gasteiger charge is -2.16. The molecule has 0 bridgehead atoms. The minimum atomic E-state index is -0.308. The third-order valence-electron chi connectivity index (χ3n) is 5.23. The van der Waals surface area contributed by atoms with E-state index in [1.54, 1.807) is 29.0 Å². The monoisotopic (exact) mass is 437 g/mol. The van der Waals surface area contributed by atoms with Crippen molar-refractivity contribution in [3.05, 3.63) is 76.7 Å². The average Bonchev–Trinajstić information content (AvgIpc) is 3.47. The minimum absolute atomic E-state index is 0.0251. The smallest absolute Gasteiger partial charge is 0.262 e. The van der Waals surface area contributed by atoms with E-state index in [1.807, 2.05) is 18.2 Å². The maximum atomic E-state index is 13.2. The average molecular weight is 437 g/mol. The zero-order valence-corrected chi connectivity index (χ0v) is 17.5. The van der Waals surface area contributed by atoms with Crippen LogP contribution in [-0.4, -0.2) is 27.2 Å². The molecular formula is C23H20FN3O3S. The molecule has 2 aromatic carbocycles. The Labute approximate surface area is 182 Å². The summed E-state index contributed by atoms with van der Waals surface area (Å²) in [5.74, 6) is 0.609. The maximum absolute atomic E-state index is 13.2. The van der Waals surface area contributed by atoms with Crippen LogP contribution in [0.3, 0.4) is 0 Å². The Bertz CT molecular complexity index is 1260. The van der Waals surface area contributed by atoms with Gasteiger partial charge < -0.3 is 9.15 Å². The normalized spacial score (nSPS) is 16.2. The van der Waals surface area contributed by atoms with Crippen LogP contribution in [0.15, 0.2) is 69.2 Å². The second-order valence-electron chi connectivity index (χ2n) is 7.40. The molecule has 0 radical (unpaired) electrons. The van der Waals surface area contributed by atoms with Gasteiger partial charge in [0.1, 0.15) is 12.1 Å². The molecule has 1 aliphatic rings. The number of hydrogen-bond donors (Lipinski definition) is 0. The molecule has 0 N–H and O–H groups in total. The van der Waals surface area contributed by atoms with Crippen molar-refractivity contribution in [2.45, 2.75) is 36.4 Å². The van der Waals surface area contributed by atoms with Gasteiger partial charge in [-0.1, -0.05) is 23.9 Å². The summed E-state index contributed by atoms with van der Waals surface area (Å²) in [5, 5.41) is 1.23. The van der Waals surface area contributed by atoms with Crippen LogP contribution in [0.5, 0.6) is 0 Å². The van der Waals surface area contributed by atoms with Crippen molar-refractivity contribution < 1.29 is 13.5 Å². The number of oxazole rings is 1. The molecule has 2 aromatic heterocycles. The summed E-state index contributed by atoms with van der Waals surface area (Å²) < 4.78 is 26.2. The number of rotatable bonds is 6. The first-order valence-corrected chi connectivity index (χ1v) is 11.1. The Morgan fingerprint density at radius 2 is 1.97 bits per heavy atom. The van der Waals surface area contributed by atoms with Crippen molar-refractivity contribution in [2.24, 2.45) is 0 Å². The Balaban J connectivity index is 1.41. The number of halogens is 1. The lowest BCUT2D eigenvalue weighted by molar-refractivity contribution is 0.0937. The van der Waals surface area contributed by atoms with Crippen molar-refractivity contribution in [3.8, 4) is 11.5 Å². The number of thioether (sulfide) groups is 1. The van der Waals surface area contributed by atoms with Crippen LogP contribution in [0.1, 0.15) is 18.5 Å². The maximum Gasteiger partial charge on any atom is 0.262 e. The zero-order valence-electron chi connectivity index (χ0n) is 16.7. The van der Waals surface area contributed by atoms with Crippen molar-refractivity contribution in [1.82, 2.24) is 14.5 Å². The lowest BCUT2D eigenvalue weighted by atomic mass is 10.2. The number of fused-ring (bicyclic) bond motifs is 1. The molecule has 5 rings (SSSR count). The van der Waals surface area contributed by atoms with Gasteiger partial charge in [0.2, 0.25) is 5.89 Å². The first-order valence-electron chi connectivity index (χ1n) is 10.1. The van der Waals surface area contributed by atoms with Crippen molar-refractivity contribution in [2.75, 3.05) is 6.61 Å². The Morgan fingerprint density at radius 1 is 1.13 bits per heavy atom. The number of aromatic nitrogens is 3. The molecule has 4 aromatic rings. The first-order chi connectivity index (χ1) is 15.2. The molecule has 1 unspecified atom stereocenters. The second kappa shape index (κ2) is 8.64. The third kappa shape index (κ3) is 4.26. The highest BCUT2D eigenvalue weighted by atomic mass is 32.2. The highest BCUT2D eigenvalue weighted by molar-refractivity contribution is 7.98. The summed E-state index contributed by atoms with van der Waals surface area (Å²) >= 11 is 1.44. The molecule has 1 aliphatic heterocycles. The van der Waals surface area contributed by atoms with Gasteiger partial charge in [0.25, 0.3) is 5.56 Å². The summed E-state index contributed by atoms with van der Waals surface area (Å²) in [6, 6.07) is 13.4. The van der Waals surface area contributed by atoms with E-state index in [0.717, 1.165) is 25.1 Å². The van der Waals surface area contributed by atoms with Gasteiger partial charge in [-0.3, -0.25) is 9.36 Å². The summed E-state index contributed by atoms with van der Waals surface area (Å²) in [4.78, 5) is 22.4. The van der Waals surface area contributed by atoms with E-state index in [9.17, 15) is 9.18 Å². The van der Waals surface area contributed by atoms with E-state index < -0.39 is 0 Å². The van der Waals surface area contributed by atoms with Crippen LogP contribution < -0.4 is 5.56 Å². The number of benzene rings is 2. The van der Waals surface area contributed by atoms with Gasteiger partial charge in [-0.15, -0.1) is 0 Å². The predicted octanol–water partition coefficient (Wildman–Crippen LogP) is 4.66. The van der Waals surface area contributed by atoms with Gasteiger partial charge in [-0.2, -0.15) is 0 Å². The second-order valence-corrected chi connectivity index (χ2v) is 8.34. The fourth-order valence-electron chi connectivity index (χ4n) is 3.65. The molecule has 1 atom stereocenters. The van der Waals surface area contributed by atoms with Gasteiger partial charge in [0, 0.05) is 17.9 Å². The highest BCUT2D eigenvalue weighted by Crippen LogP contribution is 2.26. The van der Waals surface area contributed by atoms with Crippen LogP contribution in [0.2, 0.25) is 0 Å². The van der Waals surface area contributed by atoms with E-state index in [-0.39, 0.29) is 17.5 Å². The fourth-order valence-corrected chi connectivity index (χ4v) is 4.53. The molecule has 0 saturated carbocycles. The quantitative estimate of drug-likeness (QED) is 0.323. The van der Waals surface area contributed by atoms with Gasteiger partial charge in [-0.05, 0) is 49.2 Å². The summed E-state index contributed by atoms with van der Waals surface area (Å²) in [6.45, 7) is 1.21. The Morgan fingerprint density at radius 3 is 2.77 bits per heavy atom. The van der Waals surface area contributed by atoms with Crippen LogP contribution >= 0.6 is 11.8 Å². The fraction of sp³-hybridized carbons (Fsp3) is 0.261. The topological polar surface area (TPSA) is 70.2 Å². The van der Waals surface area contributed by atoms with Crippen LogP contribution in [0, 0.1) is 5.82 Å². The summed E-state index contributed by atoms with van der Waals surface area (Å²) in [7, 11) is 0. The number of nitrogens with zero attached hydrogens (tertiary/aromatic N) is 3. The van der Waals surface area contributed by atoms with Crippen molar-refractivity contribution in [1.29, 1.82) is 0 Å². The molecule has 8 heteroatoms. The first kappa shape index (κ1) is 20.0. The van der Waals surface area contributed by atoms with Crippen LogP contribution in [0.25, 0.3) is 22.4 Å². The number of para-hydroxylation sites is 1. The predicted molar refractivity (Wildman–Crippen MR) is 116 cm³/mol. The Hall–Kier alpha value is -2.97. The third-order valence-corrected chi connectivity index (χ3v) is 6.24. The van der Waals surface area contributed by atoms with Crippen molar-refractivity contribution in [3.63, 3.8) is 0 Å². The molecular weight excluding hydrogens is 417 g/mol. The summed E-state index contributed by atoms with van der Waals surface area (Å²) in [5.41, 5.74) is 2.04. The molecule has 0 amide bonds. The molecule has 0 spiro atoms. The van der Waals surface area contributed by atoms with E-state index >= 15 is 0 Å². The van der Waals surface area contributed by atoms with E-state index in [1.165, 1.54) is 23.9 Å². The minimum Gasteiger partial charge on any atom is -0.444 e. The lowest BCUT2D eigenvalue weighted by Crippen LogP contribution is -2.28. The van der Waals surface area contributed by atoms with Crippen LogP contribution in [-0.2, 0) is 17.0 Å². The molecule has 6 nitrogen and oxygen atoms in total. The van der Waals surface area contributed by atoms with Gasteiger partial charge in [0.15, 0.2) is 5.16 Å². The highest BCUT2D eigenvalue weighted by Gasteiger charge is 2.20. The van der Waals surface area contributed by atoms with E-state index in [2.05, 4.69) is 4.98 Å². The number of hydrogen-bond acceptors (Lipinski definition) is 6. The van der Waals surface area contributed by atoms with Gasteiger partial charge >= 0.3 is 0 Å². The van der Waals surface area contributed by atoms with Crippen molar-refractivity contribution >= 4 is 22.7 Å². The standard InChI is InChI=1S/C23H20FN3O3S/c24-16-9-7-15(8-10-16)21-25-17(13-30-21)14-31-23-26-20-6-2-1-5-19(20)22(28)27(23)12-18-4-3-11-29-18/h1-2,5-10,13,18H,3-4,11-12,14H2.